The van der Waals surface area contributed by atoms with E-state index in [1.807, 2.05) is 7.05 Å². The topological polar surface area (TPSA) is 140 Å². The SMILES string of the molecule is COc1ccc2c(c1OC)C(=O)OC2C1c2c(c(COC(=O)C(NC(=O)OC(C)(C)C)C(C)C)c3c(c2OC)OCO3)CCN1C. The molecule has 0 bridgehead atoms. The smallest absolute Gasteiger partial charge is 0.408 e. The number of carbonyl (C=O) groups is 3. The number of likely N-dealkylation sites (N-methyl/N-ethyl adjacent to an activating group) is 1. The Hall–Kier alpha value is -4.39. The average Bonchev–Trinajstić information content (AvgIpc) is 3.61. The van der Waals surface area contributed by atoms with Crippen LogP contribution in [0.3, 0.4) is 0 Å². The summed E-state index contributed by atoms with van der Waals surface area (Å²) in [6.45, 7) is 9.22. The molecule has 3 aliphatic rings. The zero-order chi connectivity index (χ0) is 33.5. The van der Waals surface area contributed by atoms with E-state index >= 15 is 0 Å². The third kappa shape index (κ3) is 5.95. The number of alkyl carbamates (subject to hydrolysis) is 1. The van der Waals surface area contributed by atoms with E-state index in [-0.39, 0.29) is 19.3 Å². The monoisotopic (exact) mass is 642 g/mol. The summed E-state index contributed by atoms with van der Waals surface area (Å²) >= 11 is 0. The van der Waals surface area contributed by atoms with Crippen molar-refractivity contribution in [2.24, 2.45) is 5.92 Å². The highest BCUT2D eigenvalue weighted by atomic mass is 16.7. The Balaban J connectivity index is 1.53. The van der Waals surface area contributed by atoms with Gasteiger partial charge in [0.05, 0.1) is 27.4 Å². The Morgan fingerprint density at radius 3 is 2.37 bits per heavy atom. The van der Waals surface area contributed by atoms with Crippen LogP contribution in [0.25, 0.3) is 0 Å². The number of methoxy groups -OCH3 is 3. The highest BCUT2D eigenvalue weighted by Gasteiger charge is 2.47. The first-order valence-corrected chi connectivity index (χ1v) is 15.1. The fraction of sp³-hybridized carbons (Fsp3) is 0.545. The maximum atomic E-state index is 13.4. The number of cyclic esters (lactones) is 1. The molecule has 3 aliphatic heterocycles. The number of benzene rings is 2. The van der Waals surface area contributed by atoms with Gasteiger partial charge in [-0.3, -0.25) is 4.90 Å². The minimum absolute atomic E-state index is 0.0525. The molecule has 0 saturated carbocycles. The fourth-order valence-electron chi connectivity index (χ4n) is 6.24. The van der Waals surface area contributed by atoms with Gasteiger partial charge in [-0.15, -0.1) is 0 Å². The van der Waals surface area contributed by atoms with E-state index in [1.54, 1.807) is 53.9 Å². The van der Waals surface area contributed by atoms with Crippen LogP contribution in [0.4, 0.5) is 4.79 Å². The summed E-state index contributed by atoms with van der Waals surface area (Å²) in [5.74, 6) is 0.536. The van der Waals surface area contributed by atoms with Crippen molar-refractivity contribution in [3.63, 3.8) is 0 Å². The average molecular weight is 643 g/mol. The molecule has 1 N–H and O–H groups in total. The van der Waals surface area contributed by atoms with E-state index < -0.39 is 41.8 Å². The van der Waals surface area contributed by atoms with E-state index in [4.69, 9.17) is 37.9 Å². The number of hydrogen-bond acceptors (Lipinski definition) is 12. The number of esters is 2. The Kier molecular flexibility index (Phi) is 9.16. The molecule has 0 fully saturated rings. The molecule has 0 aromatic heterocycles. The van der Waals surface area contributed by atoms with Crippen molar-refractivity contribution in [2.45, 2.75) is 71.4 Å². The van der Waals surface area contributed by atoms with Crippen molar-refractivity contribution in [1.29, 1.82) is 0 Å². The van der Waals surface area contributed by atoms with Crippen molar-refractivity contribution in [1.82, 2.24) is 10.2 Å². The molecule has 13 heteroatoms. The van der Waals surface area contributed by atoms with Crippen molar-refractivity contribution < 1.29 is 52.3 Å². The number of amides is 1. The first-order valence-electron chi connectivity index (χ1n) is 15.1. The minimum Gasteiger partial charge on any atom is -0.493 e. The number of rotatable bonds is 9. The zero-order valence-electron chi connectivity index (χ0n) is 27.7. The molecule has 1 amide bonds. The van der Waals surface area contributed by atoms with E-state index in [0.717, 1.165) is 11.1 Å². The lowest BCUT2D eigenvalue weighted by atomic mass is 9.83. The summed E-state index contributed by atoms with van der Waals surface area (Å²) in [6, 6.07) is 2.10. The second-order valence-electron chi connectivity index (χ2n) is 12.7. The van der Waals surface area contributed by atoms with Crippen LogP contribution in [-0.2, 0) is 32.0 Å². The van der Waals surface area contributed by atoms with E-state index in [1.165, 1.54) is 14.2 Å². The highest BCUT2D eigenvalue weighted by molar-refractivity contribution is 5.98. The summed E-state index contributed by atoms with van der Waals surface area (Å²) < 4.78 is 46.0. The molecule has 13 nitrogen and oxygen atoms in total. The van der Waals surface area contributed by atoms with Gasteiger partial charge in [-0.25, -0.2) is 14.4 Å². The van der Waals surface area contributed by atoms with Crippen LogP contribution in [0.5, 0.6) is 28.7 Å². The number of nitrogens with one attached hydrogen (secondary N) is 1. The molecule has 0 radical (unpaired) electrons. The number of nitrogens with zero attached hydrogens (tertiary/aromatic N) is 1. The van der Waals surface area contributed by atoms with Gasteiger partial charge in [0.15, 0.2) is 23.0 Å². The maximum absolute atomic E-state index is 13.4. The molecule has 0 spiro atoms. The van der Waals surface area contributed by atoms with Crippen molar-refractivity contribution in [2.75, 3.05) is 41.7 Å². The molecule has 2 aromatic rings. The van der Waals surface area contributed by atoms with Gasteiger partial charge in [-0.1, -0.05) is 19.9 Å². The van der Waals surface area contributed by atoms with Crippen LogP contribution >= 0.6 is 0 Å². The fourth-order valence-corrected chi connectivity index (χ4v) is 6.24. The molecular formula is C33H42N2O11. The number of carbonyl (C=O) groups excluding carboxylic acids is 3. The second-order valence-corrected chi connectivity index (χ2v) is 12.7. The Morgan fingerprint density at radius 2 is 1.74 bits per heavy atom. The molecule has 250 valence electrons. The quantitative estimate of drug-likeness (QED) is 0.305. The molecule has 3 unspecified atom stereocenters. The lowest BCUT2D eigenvalue weighted by Crippen LogP contribution is -2.47. The van der Waals surface area contributed by atoms with Crippen molar-refractivity contribution in [3.05, 3.63) is 39.9 Å². The highest BCUT2D eigenvalue weighted by Crippen LogP contribution is 2.57. The molecular weight excluding hydrogens is 600 g/mol. The third-order valence-corrected chi connectivity index (χ3v) is 8.28. The van der Waals surface area contributed by atoms with Crippen LogP contribution in [0, 0.1) is 5.92 Å². The van der Waals surface area contributed by atoms with Crippen LogP contribution in [-0.4, -0.2) is 76.3 Å². The maximum Gasteiger partial charge on any atom is 0.408 e. The minimum atomic E-state index is -0.950. The molecule has 0 aliphatic carbocycles. The van der Waals surface area contributed by atoms with Gasteiger partial charge in [0.25, 0.3) is 0 Å². The predicted octanol–water partition coefficient (Wildman–Crippen LogP) is 4.47. The van der Waals surface area contributed by atoms with E-state index in [2.05, 4.69) is 10.2 Å². The predicted molar refractivity (Wildman–Crippen MR) is 164 cm³/mol. The van der Waals surface area contributed by atoms with E-state index in [9.17, 15) is 14.4 Å². The molecule has 5 rings (SSSR count). The number of hydrogen-bond donors (Lipinski definition) is 1. The summed E-state index contributed by atoms with van der Waals surface area (Å²) in [4.78, 5) is 41.3. The van der Waals surface area contributed by atoms with Crippen molar-refractivity contribution >= 4 is 18.0 Å². The molecule has 3 heterocycles. The van der Waals surface area contributed by atoms with Crippen LogP contribution < -0.4 is 29.0 Å². The van der Waals surface area contributed by atoms with Crippen molar-refractivity contribution in [3.8, 4) is 28.7 Å². The lowest BCUT2D eigenvalue weighted by molar-refractivity contribution is -0.148. The summed E-state index contributed by atoms with van der Waals surface area (Å²) in [5.41, 5.74) is 2.41. The third-order valence-electron chi connectivity index (χ3n) is 8.28. The Labute approximate surface area is 268 Å². The standard InChI is InChI=1S/C33H42N2O11/c1-16(2)23(34-32(38)46-33(3,4)5)31(37)42-14-19-17-12-13-35(6)24(21(17)28(41-9)29-26(19)43-15-44-29)25-18-10-11-20(39-7)27(40-8)22(18)30(36)45-25/h10-11,16,23-25H,12-15H2,1-9H3,(H,34,38). The first-order chi connectivity index (χ1) is 21.8. The molecule has 2 aromatic carbocycles. The zero-order valence-corrected chi connectivity index (χ0v) is 27.7. The van der Waals surface area contributed by atoms with Gasteiger partial charge < -0.3 is 43.2 Å². The lowest BCUT2D eigenvalue weighted by Gasteiger charge is -2.39. The summed E-state index contributed by atoms with van der Waals surface area (Å²) in [5, 5.41) is 2.64. The van der Waals surface area contributed by atoms with Gasteiger partial charge in [-0.2, -0.15) is 0 Å². The summed E-state index contributed by atoms with van der Waals surface area (Å²) in [6.07, 6.45) is -0.876. The molecule has 46 heavy (non-hydrogen) atoms. The van der Waals surface area contributed by atoms with Gasteiger partial charge in [-0.05, 0) is 51.8 Å². The number of ether oxygens (including phenoxy) is 8. The largest absolute Gasteiger partial charge is 0.493 e. The molecule has 3 atom stereocenters. The Bertz CT molecular complexity index is 1530. The van der Waals surface area contributed by atoms with Crippen LogP contribution in [0.15, 0.2) is 12.1 Å². The van der Waals surface area contributed by atoms with E-state index in [0.29, 0.717) is 58.4 Å². The second kappa shape index (κ2) is 12.8. The first kappa shape index (κ1) is 33.0. The normalized spacial score (nSPS) is 19.1. The van der Waals surface area contributed by atoms with Gasteiger partial charge in [0, 0.05) is 23.2 Å². The summed E-state index contributed by atoms with van der Waals surface area (Å²) in [7, 11) is 6.47. The van der Waals surface area contributed by atoms with Gasteiger partial charge in [0.2, 0.25) is 12.5 Å². The number of fused-ring (bicyclic) bond motifs is 3. The van der Waals surface area contributed by atoms with Crippen LogP contribution in [0.2, 0.25) is 0 Å². The van der Waals surface area contributed by atoms with Gasteiger partial charge >= 0.3 is 18.0 Å². The van der Waals surface area contributed by atoms with Crippen LogP contribution in [0.1, 0.15) is 79.4 Å². The molecule has 0 saturated heterocycles. The van der Waals surface area contributed by atoms with Gasteiger partial charge in [0.1, 0.15) is 29.9 Å². The Morgan fingerprint density at radius 1 is 1.04 bits per heavy atom.